The van der Waals surface area contributed by atoms with Gasteiger partial charge in [0.2, 0.25) is 0 Å². The molecule has 2 heteroatoms. The van der Waals surface area contributed by atoms with E-state index in [-0.39, 0.29) is 0 Å². The number of aromatic nitrogens is 1. The Hall–Kier alpha value is -1.15. The average Bonchev–Trinajstić information content (AvgIpc) is 2.52. The van der Waals surface area contributed by atoms with E-state index in [4.69, 9.17) is 0 Å². The van der Waals surface area contributed by atoms with E-state index in [1.165, 1.54) is 15.3 Å². The summed E-state index contributed by atoms with van der Waals surface area (Å²) in [4.78, 5) is 6.92. The molecule has 0 aromatic carbocycles. The number of hydrogen-bond donors (Lipinski definition) is 0. The number of thiophene rings is 1. The minimum atomic E-state index is 1.08. The lowest BCUT2D eigenvalue weighted by Crippen LogP contribution is -1.79. The normalized spacial score (nSPS) is 10.3. The quantitative estimate of drug-likeness (QED) is 0.669. The van der Waals surface area contributed by atoms with Gasteiger partial charge in [-0.1, -0.05) is 0 Å². The molecule has 0 atom stereocenters. The first-order valence-corrected chi connectivity index (χ1v) is 5.07. The van der Waals surface area contributed by atoms with Gasteiger partial charge in [0.15, 0.2) is 0 Å². The van der Waals surface area contributed by atoms with E-state index in [0.717, 1.165) is 5.69 Å². The second-order valence-corrected chi connectivity index (χ2v) is 4.42. The molecule has 0 spiro atoms. The van der Waals surface area contributed by atoms with Crippen LogP contribution in [0, 0.1) is 13.8 Å². The predicted octanol–water partition coefficient (Wildman–Crippen LogP) is 3.43. The minimum absolute atomic E-state index is 1.08. The monoisotopic (exact) mass is 189 g/mol. The number of hydrogen-bond acceptors (Lipinski definition) is 2. The summed E-state index contributed by atoms with van der Waals surface area (Å²) in [6, 6.07) is 8.39. The molecule has 2 aromatic heterocycles. The number of pyridine rings is 1. The third kappa shape index (κ3) is 1.78. The van der Waals surface area contributed by atoms with Crippen LogP contribution < -0.4 is 0 Å². The zero-order chi connectivity index (χ0) is 9.26. The Morgan fingerprint density at radius 3 is 2.62 bits per heavy atom. The summed E-state index contributed by atoms with van der Waals surface area (Å²) in [5.41, 5.74) is 2.34. The van der Waals surface area contributed by atoms with Crippen molar-refractivity contribution in [2.45, 2.75) is 13.8 Å². The molecule has 0 aliphatic heterocycles. The lowest BCUT2D eigenvalue weighted by atomic mass is 10.2. The topological polar surface area (TPSA) is 12.9 Å². The Labute approximate surface area is 82.1 Å². The van der Waals surface area contributed by atoms with Crippen molar-refractivity contribution in [3.63, 3.8) is 0 Å². The van der Waals surface area contributed by atoms with E-state index in [0.29, 0.717) is 0 Å². The summed E-state index contributed by atoms with van der Waals surface area (Å²) in [5.74, 6) is 0. The fourth-order valence-electron chi connectivity index (χ4n) is 1.24. The maximum absolute atomic E-state index is 4.33. The molecule has 0 N–H and O–H groups in total. The molecule has 0 aliphatic carbocycles. The molecule has 0 fully saturated rings. The summed E-state index contributed by atoms with van der Waals surface area (Å²) in [5, 5.41) is 0. The molecule has 0 saturated carbocycles. The molecule has 1 nitrogen and oxygen atoms in total. The van der Waals surface area contributed by atoms with Crippen LogP contribution in [0.3, 0.4) is 0 Å². The van der Waals surface area contributed by atoms with Crippen molar-refractivity contribution >= 4 is 11.3 Å². The van der Waals surface area contributed by atoms with Crippen molar-refractivity contribution < 1.29 is 0 Å². The molecule has 2 rings (SSSR count). The van der Waals surface area contributed by atoms with Crippen LogP contribution in [-0.2, 0) is 0 Å². The predicted molar refractivity (Wildman–Crippen MR) is 57.0 cm³/mol. The summed E-state index contributed by atoms with van der Waals surface area (Å²) in [7, 11) is 0. The molecule has 0 bridgehead atoms. The lowest BCUT2D eigenvalue weighted by Gasteiger charge is -1.96. The van der Waals surface area contributed by atoms with Gasteiger partial charge in [-0.05, 0) is 43.7 Å². The standard InChI is InChI=1S/C11H11NS/c1-8-5-6-12-10(7-8)11-4-3-9(2)13-11/h3-7H,1-2H3. The Bertz CT molecular complexity index is 418. The van der Waals surface area contributed by atoms with Crippen LogP contribution in [0.2, 0.25) is 0 Å². The Morgan fingerprint density at radius 1 is 1.15 bits per heavy atom. The van der Waals surface area contributed by atoms with Crippen molar-refractivity contribution in [2.75, 3.05) is 0 Å². The minimum Gasteiger partial charge on any atom is -0.255 e. The third-order valence-electron chi connectivity index (χ3n) is 1.91. The van der Waals surface area contributed by atoms with Gasteiger partial charge in [0.25, 0.3) is 0 Å². The van der Waals surface area contributed by atoms with Crippen LogP contribution in [0.15, 0.2) is 30.5 Å². The fourth-order valence-corrected chi connectivity index (χ4v) is 2.08. The summed E-state index contributed by atoms with van der Waals surface area (Å²) >= 11 is 1.79. The van der Waals surface area contributed by atoms with Crippen LogP contribution in [-0.4, -0.2) is 4.98 Å². The van der Waals surface area contributed by atoms with Gasteiger partial charge in [-0.3, -0.25) is 4.98 Å². The lowest BCUT2D eigenvalue weighted by molar-refractivity contribution is 1.30. The zero-order valence-electron chi connectivity index (χ0n) is 7.74. The number of rotatable bonds is 1. The highest BCUT2D eigenvalue weighted by Gasteiger charge is 2.00. The van der Waals surface area contributed by atoms with Crippen LogP contribution in [0.1, 0.15) is 10.4 Å². The average molecular weight is 189 g/mol. The van der Waals surface area contributed by atoms with Crippen molar-refractivity contribution in [1.29, 1.82) is 0 Å². The van der Waals surface area contributed by atoms with Gasteiger partial charge >= 0.3 is 0 Å². The van der Waals surface area contributed by atoms with E-state index in [1.807, 2.05) is 12.3 Å². The smallest absolute Gasteiger partial charge is 0.0804 e. The maximum atomic E-state index is 4.33. The van der Waals surface area contributed by atoms with Gasteiger partial charge in [-0.25, -0.2) is 0 Å². The molecule has 0 amide bonds. The van der Waals surface area contributed by atoms with Crippen LogP contribution in [0.5, 0.6) is 0 Å². The summed E-state index contributed by atoms with van der Waals surface area (Å²) in [6.07, 6.45) is 1.86. The van der Waals surface area contributed by atoms with Crippen molar-refractivity contribution in [3.8, 4) is 10.6 Å². The third-order valence-corrected chi connectivity index (χ3v) is 2.93. The van der Waals surface area contributed by atoms with Gasteiger partial charge in [-0.2, -0.15) is 0 Å². The molecule has 13 heavy (non-hydrogen) atoms. The van der Waals surface area contributed by atoms with Gasteiger partial charge in [-0.15, -0.1) is 11.3 Å². The summed E-state index contributed by atoms with van der Waals surface area (Å²) in [6.45, 7) is 4.20. The van der Waals surface area contributed by atoms with Gasteiger partial charge < -0.3 is 0 Å². The van der Waals surface area contributed by atoms with Gasteiger partial charge in [0.1, 0.15) is 0 Å². The number of nitrogens with zero attached hydrogens (tertiary/aromatic N) is 1. The maximum Gasteiger partial charge on any atom is 0.0804 e. The molecular formula is C11H11NS. The molecule has 0 radical (unpaired) electrons. The van der Waals surface area contributed by atoms with Crippen LogP contribution in [0.4, 0.5) is 0 Å². The largest absolute Gasteiger partial charge is 0.255 e. The molecule has 66 valence electrons. The van der Waals surface area contributed by atoms with Crippen LogP contribution in [0.25, 0.3) is 10.6 Å². The van der Waals surface area contributed by atoms with E-state index in [9.17, 15) is 0 Å². The molecular weight excluding hydrogens is 178 g/mol. The molecule has 0 aliphatic rings. The van der Waals surface area contributed by atoms with E-state index in [1.54, 1.807) is 11.3 Å². The second-order valence-electron chi connectivity index (χ2n) is 3.13. The molecule has 2 heterocycles. The first kappa shape index (κ1) is 8.45. The van der Waals surface area contributed by atoms with Crippen molar-refractivity contribution in [3.05, 3.63) is 40.9 Å². The highest BCUT2D eigenvalue weighted by atomic mass is 32.1. The van der Waals surface area contributed by atoms with Gasteiger partial charge in [0, 0.05) is 11.1 Å². The number of aryl methyl sites for hydroxylation is 2. The summed E-state index contributed by atoms with van der Waals surface area (Å²) < 4.78 is 0. The highest BCUT2D eigenvalue weighted by Crippen LogP contribution is 2.25. The molecule has 0 saturated heterocycles. The highest BCUT2D eigenvalue weighted by molar-refractivity contribution is 7.15. The Balaban J connectivity index is 2.46. The van der Waals surface area contributed by atoms with E-state index >= 15 is 0 Å². The first-order chi connectivity index (χ1) is 6.25. The first-order valence-electron chi connectivity index (χ1n) is 4.25. The second kappa shape index (κ2) is 3.30. The fraction of sp³-hybridized carbons (Fsp3) is 0.182. The van der Waals surface area contributed by atoms with Crippen molar-refractivity contribution in [1.82, 2.24) is 4.98 Å². The SMILES string of the molecule is Cc1ccnc(-c2ccc(C)s2)c1. The van der Waals surface area contributed by atoms with Gasteiger partial charge in [0.05, 0.1) is 10.6 Å². The van der Waals surface area contributed by atoms with Crippen LogP contribution >= 0.6 is 11.3 Å². The zero-order valence-corrected chi connectivity index (χ0v) is 8.56. The Kier molecular flexibility index (Phi) is 2.15. The van der Waals surface area contributed by atoms with E-state index < -0.39 is 0 Å². The molecule has 0 unspecified atom stereocenters. The van der Waals surface area contributed by atoms with E-state index in [2.05, 4.69) is 37.0 Å². The van der Waals surface area contributed by atoms with Crippen molar-refractivity contribution in [2.24, 2.45) is 0 Å². The Morgan fingerprint density at radius 2 is 2.00 bits per heavy atom. The molecule has 2 aromatic rings.